The van der Waals surface area contributed by atoms with Crippen LogP contribution in [-0.4, -0.2) is 36.6 Å². The molecule has 66 valence electrons. The van der Waals surface area contributed by atoms with Gasteiger partial charge in [0, 0.05) is 0 Å². The largest absolute Gasteiger partial charge is 0.464 e. The molecule has 5 nitrogen and oxygen atoms in total. The first kappa shape index (κ1) is 10.9. The molecule has 0 aliphatic carbocycles. The van der Waals surface area contributed by atoms with Crippen molar-refractivity contribution in [3.8, 4) is 0 Å². The first-order valence-electron chi connectivity index (χ1n) is 2.62. The van der Waals surface area contributed by atoms with Crippen LogP contribution in [0.3, 0.4) is 0 Å². The fourth-order valence-electron chi connectivity index (χ4n) is 0.299. The third-order valence-corrected chi connectivity index (χ3v) is 1.85. The maximum absolute atomic E-state index is 10.4. The van der Waals surface area contributed by atoms with Crippen LogP contribution in [-0.2, 0) is 19.6 Å². The molecule has 0 saturated heterocycles. The van der Waals surface area contributed by atoms with E-state index >= 15 is 0 Å². The van der Waals surface area contributed by atoms with Crippen LogP contribution in [0.25, 0.3) is 0 Å². The van der Waals surface area contributed by atoms with Gasteiger partial charge in [-0.1, -0.05) is 15.9 Å². The second-order valence-electron chi connectivity index (χ2n) is 1.64. The number of hydrogen-bond donors (Lipinski definition) is 1. The lowest BCUT2D eigenvalue weighted by Crippen LogP contribution is -2.14. The van der Waals surface area contributed by atoms with E-state index in [0.29, 0.717) is 0 Å². The number of carbonyl (C=O) groups is 1. The summed E-state index contributed by atoms with van der Waals surface area (Å²) in [6.45, 7) is -0.316. The Balaban J connectivity index is 3.51. The number of halogens is 1. The number of alkyl halides is 1. The van der Waals surface area contributed by atoms with Crippen molar-refractivity contribution < 1.29 is 22.5 Å². The summed E-state index contributed by atoms with van der Waals surface area (Å²) in [5.74, 6) is -1.13. The molecule has 1 N–H and O–H groups in total. The Hall–Kier alpha value is -0.140. The van der Waals surface area contributed by atoms with Gasteiger partial charge in [0.1, 0.15) is 17.7 Å². The Labute approximate surface area is 72.6 Å². The number of carbonyl (C=O) groups excluding carboxylic acids is 1. The first-order chi connectivity index (χ1) is 4.95. The van der Waals surface area contributed by atoms with Gasteiger partial charge in [0.25, 0.3) is 10.1 Å². The Bertz CT molecular complexity index is 221. The zero-order chi connectivity index (χ0) is 8.91. The first-order valence-corrected chi connectivity index (χ1v) is 5.35. The van der Waals surface area contributed by atoms with E-state index in [4.69, 9.17) is 4.55 Å². The van der Waals surface area contributed by atoms with Crippen molar-refractivity contribution in [2.24, 2.45) is 0 Å². The van der Waals surface area contributed by atoms with E-state index in [9.17, 15) is 13.2 Å². The topological polar surface area (TPSA) is 80.7 Å². The lowest BCUT2D eigenvalue weighted by atomic mass is 10.8. The van der Waals surface area contributed by atoms with Gasteiger partial charge < -0.3 is 4.74 Å². The summed E-state index contributed by atoms with van der Waals surface area (Å²) in [6.07, 6.45) is 0. The van der Waals surface area contributed by atoms with Gasteiger partial charge in [-0.05, 0) is 0 Å². The van der Waals surface area contributed by atoms with Gasteiger partial charge >= 0.3 is 5.97 Å². The predicted molar refractivity (Wildman–Crippen MR) is 41.2 cm³/mol. The molecular formula is C4H7BrO5S. The lowest BCUT2D eigenvalue weighted by molar-refractivity contribution is -0.139. The Morgan fingerprint density at radius 3 is 2.45 bits per heavy atom. The highest BCUT2D eigenvalue weighted by Crippen LogP contribution is 1.87. The quantitative estimate of drug-likeness (QED) is 0.423. The second-order valence-corrected chi connectivity index (χ2v) is 3.77. The normalized spacial score (nSPS) is 11.1. The van der Waals surface area contributed by atoms with Crippen LogP contribution in [0, 0.1) is 0 Å². The van der Waals surface area contributed by atoms with Crippen LogP contribution in [0.5, 0.6) is 0 Å². The van der Waals surface area contributed by atoms with Crippen molar-refractivity contribution in [1.82, 2.24) is 0 Å². The van der Waals surface area contributed by atoms with E-state index in [1.807, 2.05) is 0 Å². The third-order valence-electron chi connectivity index (χ3n) is 0.713. The van der Waals surface area contributed by atoms with E-state index in [-0.39, 0.29) is 11.9 Å². The zero-order valence-electron chi connectivity index (χ0n) is 5.49. The Morgan fingerprint density at radius 1 is 1.55 bits per heavy atom. The van der Waals surface area contributed by atoms with Crippen molar-refractivity contribution in [3.05, 3.63) is 0 Å². The highest BCUT2D eigenvalue weighted by atomic mass is 79.9. The molecule has 0 aromatic heterocycles. The van der Waals surface area contributed by atoms with Gasteiger partial charge in [0.2, 0.25) is 0 Å². The standard InChI is InChI=1S/C4H7BrO5S/c5-3-4(6)10-1-2-11(7,8)9/h1-3H2,(H,7,8,9). The molecule has 0 aromatic rings. The molecule has 11 heavy (non-hydrogen) atoms. The lowest BCUT2D eigenvalue weighted by Gasteiger charge is -1.99. The Kier molecular flexibility index (Phi) is 4.62. The SMILES string of the molecule is O=C(CBr)OCCS(=O)(=O)O. The van der Waals surface area contributed by atoms with Crippen LogP contribution >= 0.6 is 15.9 Å². The summed E-state index contributed by atoms with van der Waals surface area (Å²) >= 11 is 2.81. The maximum Gasteiger partial charge on any atom is 0.316 e. The van der Waals surface area contributed by atoms with E-state index < -0.39 is 21.8 Å². The second kappa shape index (κ2) is 4.68. The van der Waals surface area contributed by atoms with Gasteiger partial charge in [0.15, 0.2) is 0 Å². The van der Waals surface area contributed by atoms with Gasteiger partial charge in [-0.25, -0.2) is 0 Å². The fourth-order valence-corrected chi connectivity index (χ4v) is 0.755. The monoisotopic (exact) mass is 246 g/mol. The summed E-state index contributed by atoms with van der Waals surface area (Å²) in [4.78, 5) is 10.4. The molecule has 0 rings (SSSR count). The summed E-state index contributed by atoms with van der Waals surface area (Å²) in [5, 5.41) is 0.0124. The molecule has 0 bridgehead atoms. The summed E-state index contributed by atoms with van der Waals surface area (Å²) in [5.41, 5.74) is 0. The summed E-state index contributed by atoms with van der Waals surface area (Å²) in [6, 6.07) is 0. The highest BCUT2D eigenvalue weighted by molar-refractivity contribution is 9.09. The number of esters is 1. The molecule has 0 unspecified atom stereocenters. The molecule has 0 fully saturated rings. The van der Waals surface area contributed by atoms with Crippen LogP contribution in [0.2, 0.25) is 0 Å². The van der Waals surface area contributed by atoms with Crippen LogP contribution in [0.4, 0.5) is 0 Å². The molecule has 0 aromatic carbocycles. The van der Waals surface area contributed by atoms with Crippen LogP contribution in [0.15, 0.2) is 0 Å². The molecule has 0 radical (unpaired) electrons. The fraction of sp³-hybridized carbons (Fsp3) is 0.750. The van der Waals surface area contributed by atoms with Crippen molar-refractivity contribution in [2.45, 2.75) is 0 Å². The van der Waals surface area contributed by atoms with Gasteiger partial charge in [-0.15, -0.1) is 0 Å². The molecule has 0 aliphatic heterocycles. The number of ether oxygens (including phenoxy) is 1. The average Bonchev–Trinajstić information content (AvgIpc) is 1.85. The van der Waals surface area contributed by atoms with Crippen molar-refractivity contribution in [3.63, 3.8) is 0 Å². The number of hydrogen-bond acceptors (Lipinski definition) is 4. The minimum Gasteiger partial charge on any atom is -0.464 e. The highest BCUT2D eigenvalue weighted by Gasteiger charge is 2.06. The molecule has 0 amide bonds. The third kappa shape index (κ3) is 7.76. The van der Waals surface area contributed by atoms with E-state index in [1.54, 1.807) is 0 Å². The molecule has 0 spiro atoms. The van der Waals surface area contributed by atoms with Crippen LogP contribution < -0.4 is 0 Å². The maximum atomic E-state index is 10.4. The summed E-state index contributed by atoms with van der Waals surface area (Å²) in [7, 11) is -4.02. The molecule has 0 aliphatic rings. The van der Waals surface area contributed by atoms with Crippen molar-refractivity contribution >= 4 is 32.0 Å². The minimum atomic E-state index is -4.02. The predicted octanol–water partition coefficient (Wildman–Crippen LogP) is -0.188. The zero-order valence-corrected chi connectivity index (χ0v) is 7.89. The molecular weight excluding hydrogens is 240 g/mol. The van der Waals surface area contributed by atoms with Crippen molar-refractivity contribution in [2.75, 3.05) is 17.7 Å². The Morgan fingerprint density at radius 2 is 2.09 bits per heavy atom. The van der Waals surface area contributed by atoms with E-state index in [2.05, 4.69) is 20.7 Å². The smallest absolute Gasteiger partial charge is 0.316 e. The molecule has 7 heteroatoms. The van der Waals surface area contributed by atoms with Gasteiger partial charge in [-0.2, -0.15) is 8.42 Å². The van der Waals surface area contributed by atoms with Crippen LogP contribution in [0.1, 0.15) is 0 Å². The van der Waals surface area contributed by atoms with Crippen molar-refractivity contribution in [1.29, 1.82) is 0 Å². The van der Waals surface area contributed by atoms with E-state index in [1.165, 1.54) is 0 Å². The molecule has 0 heterocycles. The van der Waals surface area contributed by atoms with Gasteiger partial charge in [-0.3, -0.25) is 9.35 Å². The molecule has 0 atom stereocenters. The molecule has 0 saturated carbocycles. The average molecular weight is 247 g/mol. The van der Waals surface area contributed by atoms with Gasteiger partial charge in [0.05, 0.1) is 0 Å². The van der Waals surface area contributed by atoms with E-state index in [0.717, 1.165) is 0 Å². The number of rotatable bonds is 4. The minimum absolute atomic E-state index is 0.0124. The summed E-state index contributed by atoms with van der Waals surface area (Å²) < 4.78 is 32.6.